The van der Waals surface area contributed by atoms with E-state index < -0.39 is 40.8 Å². The summed E-state index contributed by atoms with van der Waals surface area (Å²) >= 11 is 0. The van der Waals surface area contributed by atoms with Crippen LogP contribution in [0.5, 0.6) is 11.5 Å². The van der Waals surface area contributed by atoms with Crippen molar-refractivity contribution in [2.45, 2.75) is 70.9 Å². The molecule has 1 nitrogen and oxygen atoms in total. The van der Waals surface area contributed by atoms with Crippen LogP contribution in [-0.4, -0.2) is 0 Å². The first-order valence-corrected chi connectivity index (χ1v) is 13.3. The molecule has 0 bridgehead atoms. The van der Waals surface area contributed by atoms with Gasteiger partial charge in [-0.3, -0.25) is 0 Å². The molecule has 209 valence electrons. The molecule has 1 fully saturated rings. The van der Waals surface area contributed by atoms with Gasteiger partial charge in [-0.25, -0.2) is 17.6 Å². The molecule has 0 aromatic heterocycles. The van der Waals surface area contributed by atoms with Gasteiger partial charge in [-0.05, 0) is 54.5 Å². The summed E-state index contributed by atoms with van der Waals surface area (Å²) in [6.07, 6.45) is 3.58. The first-order valence-electron chi connectivity index (χ1n) is 13.3. The molecule has 4 rings (SSSR count). The van der Waals surface area contributed by atoms with E-state index in [1.165, 1.54) is 43.5 Å². The SMILES string of the molecule is CCCC[C@H]1CC[C@H](CCc2c(F)c[c]c(Oc3ccccc3-c3cc(F)c(C(F)(F)F)c(F)c3)c2F)CC1. The monoisotopic (exact) mass is 551 g/mol. The largest absolute Gasteiger partial charge is 0.453 e. The minimum Gasteiger partial charge on any atom is -0.453 e. The average Bonchev–Trinajstić information content (AvgIpc) is 2.88. The Morgan fingerprint density at radius 3 is 2.10 bits per heavy atom. The molecule has 0 atom stereocenters. The molecule has 3 aromatic carbocycles. The lowest BCUT2D eigenvalue weighted by Crippen LogP contribution is -2.15. The van der Waals surface area contributed by atoms with Gasteiger partial charge in [0, 0.05) is 17.2 Å². The fourth-order valence-corrected chi connectivity index (χ4v) is 5.38. The van der Waals surface area contributed by atoms with Crippen LogP contribution in [-0.2, 0) is 12.6 Å². The summed E-state index contributed by atoms with van der Waals surface area (Å²) in [6.45, 7) is 2.18. The van der Waals surface area contributed by atoms with Crippen molar-refractivity contribution in [2.75, 3.05) is 0 Å². The van der Waals surface area contributed by atoms with E-state index >= 15 is 4.39 Å². The van der Waals surface area contributed by atoms with E-state index in [1.54, 1.807) is 0 Å². The van der Waals surface area contributed by atoms with Crippen LogP contribution in [0, 0.1) is 41.2 Å². The summed E-state index contributed by atoms with van der Waals surface area (Å²) in [5.74, 6) is -4.60. The van der Waals surface area contributed by atoms with Crippen LogP contribution in [0.1, 0.15) is 69.4 Å². The minimum absolute atomic E-state index is 0.0301. The minimum atomic E-state index is -5.21. The van der Waals surface area contributed by atoms with Crippen LogP contribution < -0.4 is 4.74 Å². The number of rotatable bonds is 9. The highest BCUT2D eigenvalue weighted by atomic mass is 19.4. The number of hydrogen-bond acceptors (Lipinski definition) is 1. The predicted molar refractivity (Wildman–Crippen MR) is 135 cm³/mol. The molecule has 8 heteroatoms. The molecule has 0 saturated heterocycles. The van der Waals surface area contributed by atoms with E-state index in [2.05, 4.69) is 13.0 Å². The van der Waals surface area contributed by atoms with E-state index in [0.717, 1.165) is 37.7 Å². The van der Waals surface area contributed by atoms with Gasteiger partial charge in [0.05, 0.1) is 0 Å². The topological polar surface area (TPSA) is 9.23 Å². The van der Waals surface area contributed by atoms with Crippen molar-refractivity contribution in [2.24, 2.45) is 11.8 Å². The lowest BCUT2D eigenvalue weighted by molar-refractivity contribution is -0.142. The van der Waals surface area contributed by atoms with Crippen LogP contribution in [0.15, 0.2) is 42.5 Å². The maximum Gasteiger partial charge on any atom is 0.422 e. The Labute approximate surface area is 224 Å². The summed E-state index contributed by atoms with van der Waals surface area (Å²) in [5.41, 5.74) is -2.32. The summed E-state index contributed by atoms with van der Waals surface area (Å²) in [4.78, 5) is 0. The summed E-state index contributed by atoms with van der Waals surface area (Å²) in [6, 6.07) is 10.2. The highest BCUT2D eigenvalue weighted by Gasteiger charge is 2.38. The summed E-state index contributed by atoms with van der Waals surface area (Å²) in [5, 5.41) is 0. The number of ether oxygens (including phenoxy) is 1. The van der Waals surface area contributed by atoms with Gasteiger partial charge in [-0.2, -0.15) is 13.2 Å². The third-order valence-corrected chi connectivity index (χ3v) is 7.55. The highest BCUT2D eigenvalue weighted by Crippen LogP contribution is 2.40. The maximum atomic E-state index is 15.4. The number of benzene rings is 3. The Bertz CT molecular complexity index is 1250. The molecule has 0 amide bonds. The van der Waals surface area contributed by atoms with Gasteiger partial charge >= 0.3 is 6.18 Å². The third kappa shape index (κ3) is 6.95. The van der Waals surface area contributed by atoms with E-state index in [9.17, 15) is 26.3 Å². The van der Waals surface area contributed by atoms with Crippen molar-refractivity contribution < 1.29 is 35.5 Å². The molecule has 39 heavy (non-hydrogen) atoms. The Kier molecular flexibility index (Phi) is 9.23. The van der Waals surface area contributed by atoms with Gasteiger partial charge in [0.1, 0.15) is 28.8 Å². The molecule has 3 aromatic rings. The molecule has 1 saturated carbocycles. The Morgan fingerprint density at radius 1 is 0.872 bits per heavy atom. The molecule has 1 aliphatic carbocycles. The normalized spacial score (nSPS) is 17.8. The first kappa shape index (κ1) is 29.0. The number of unbranched alkanes of at least 4 members (excludes halogenated alkanes) is 1. The van der Waals surface area contributed by atoms with E-state index in [4.69, 9.17) is 4.74 Å². The number of para-hydroxylation sites is 1. The smallest absolute Gasteiger partial charge is 0.422 e. The lowest BCUT2D eigenvalue weighted by Gasteiger charge is -2.28. The van der Waals surface area contributed by atoms with E-state index in [1.807, 2.05) is 0 Å². The fourth-order valence-electron chi connectivity index (χ4n) is 5.38. The van der Waals surface area contributed by atoms with Gasteiger partial charge in [0.25, 0.3) is 0 Å². The molecule has 0 unspecified atom stereocenters. The zero-order chi connectivity index (χ0) is 28.2. The van der Waals surface area contributed by atoms with Crippen LogP contribution >= 0.6 is 0 Å². The van der Waals surface area contributed by atoms with Crippen molar-refractivity contribution in [3.05, 3.63) is 82.9 Å². The lowest BCUT2D eigenvalue weighted by atomic mass is 9.78. The molecule has 1 aliphatic rings. The van der Waals surface area contributed by atoms with Crippen molar-refractivity contribution in [3.8, 4) is 22.6 Å². The van der Waals surface area contributed by atoms with Crippen molar-refractivity contribution in [3.63, 3.8) is 0 Å². The molecule has 0 aliphatic heterocycles. The van der Waals surface area contributed by atoms with Crippen LogP contribution in [0.3, 0.4) is 0 Å². The maximum absolute atomic E-state index is 15.4. The zero-order valence-electron chi connectivity index (χ0n) is 21.6. The molecular weight excluding hydrogens is 521 g/mol. The van der Waals surface area contributed by atoms with Crippen LogP contribution in [0.2, 0.25) is 0 Å². The van der Waals surface area contributed by atoms with Crippen molar-refractivity contribution >= 4 is 0 Å². The van der Waals surface area contributed by atoms with E-state index in [0.29, 0.717) is 24.5 Å². The van der Waals surface area contributed by atoms with Gasteiger partial charge in [-0.15, -0.1) is 0 Å². The average molecular weight is 552 g/mol. The molecule has 0 spiro atoms. The van der Waals surface area contributed by atoms with Crippen LogP contribution in [0.4, 0.5) is 30.7 Å². The first-order chi connectivity index (χ1) is 18.6. The van der Waals surface area contributed by atoms with Gasteiger partial charge < -0.3 is 4.74 Å². The van der Waals surface area contributed by atoms with Gasteiger partial charge in [0.15, 0.2) is 11.6 Å². The number of alkyl halides is 3. The molecule has 1 radical (unpaired) electrons. The Hall–Kier alpha value is -3.03. The van der Waals surface area contributed by atoms with Crippen LogP contribution in [0.25, 0.3) is 11.1 Å². The quantitative estimate of drug-likeness (QED) is 0.240. The number of halogens is 7. The number of hydrogen-bond donors (Lipinski definition) is 0. The third-order valence-electron chi connectivity index (χ3n) is 7.55. The molecular formula is C31H30F7O. The van der Waals surface area contributed by atoms with Gasteiger partial charge in [0.2, 0.25) is 0 Å². The predicted octanol–water partition coefficient (Wildman–Crippen LogP) is 10.5. The Morgan fingerprint density at radius 2 is 1.49 bits per heavy atom. The fraction of sp³-hybridized carbons (Fsp3) is 0.419. The second-order valence-electron chi connectivity index (χ2n) is 10.2. The zero-order valence-corrected chi connectivity index (χ0v) is 21.6. The Balaban J connectivity index is 1.52. The second kappa shape index (κ2) is 12.4. The van der Waals surface area contributed by atoms with Gasteiger partial charge in [-0.1, -0.05) is 70.1 Å². The molecule has 0 N–H and O–H groups in total. The van der Waals surface area contributed by atoms with E-state index in [-0.39, 0.29) is 28.9 Å². The molecule has 0 heterocycles. The standard InChI is InChI=1S/C31H30F7O/c1-2-3-6-19-9-11-20(12-10-19)13-14-23-24(32)15-16-28(30(23)35)39-27-8-5-4-7-22(27)21-17-25(33)29(26(34)18-21)31(36,37)38/h4-5,7-8,15,17-20H,2-3,6,9-14H2,1H3/t19-,20-. The second-order valence-corrected chi connectivity index (χ2v) is 10.2. The highest BCUT2D eigenvalue weighted by molar-refractivity contribution is 5.71. The van der Waals surface area contributed by atoms with Crippen molar-refractivity contribution in [1.82, 2.24) is 0 Å². The summed E-state index contributed by atoms with van der Waals surface area (Å²) < 4.78 is 103. The summed E-state index contributed by atoms with van der Waals surface area (Å²) in [7, 11) is 0. The van der Waals surface area contributed by atoms with Crippen molar-refractivity contribution in [1.29, 1.82) is 0 Å².